The van der Waals surface area contributed by atoms with Crippen LogP contribution in [0.2, 0.25) is 0 Å². The molecule has 0 radical (unpaired) electrons. The van der Waals surface area contributed by atoms with Gasteiger partial charge in [-0.1, -0.05) is 16.9 Å². The molecule has 0 bridgehead atoms. The third kappa shape index (κ3) is 3.19. The Morgan fingerprint density at radius 3 is 2.91 bits per heavy atom. The van der Waals surface area contributed by atoms with Gasteiger partial charge >= 0.3 is 0 Å². The van der Waals surface area contributed by atoms with Crippen LogP contribution < -0.4 is 5.32 Å². The van der Waals surface area contributed by atoms with Crippen LogP contribution in [0.4, 0.5) is 5.82 Å². The number of aromatic nitrogens is 3. The number of aryl methyl sites for hydroxylation is 2. The van der Waals surface area contributed by atoms with E-state index in [-0.39, 0.29) is 11.7 Å². The van der Waals surface area contributed by atoms with Gasteiger partial charge in [-0.3, -0.25) is 4.79 Å². The molecular formula is C13H12N4O4S. The van der Waals surface area contributed by atoms with Gasteiger partial charge in [0.05, 0.1) is 17.6 Å². The smallest absolute Gasteiger partial charge is 0.277 e. The molecule has 114 valence electrons. The number of carbonyl (C=O) groups is 1. The maximum atomic E-state index is 11.8. The maximum absolute atomic E-state index is 11.8. The highest BCUT2D eigenvalue weighted by molar-refractivity contribution is 7.99. The Morgan fingerprint density at radius 2 is 2.23 bits per heavy atom. The number of hydrogen-bond acceptors (Lipinski definition) is 8. The largest absolute Gasteiger partial charge is 0.469 e. The Kier molecular flexibility index (Phi) is 3.96. The highest BCUT2D eigenvalue weighted by Gasteiger charge is 2.14. The molecule has 0 fully saturated rings. The Labute approximate surface area is 129 Å². The van der Waals surface area contributed by atoms with Gasteiger partial charge in [0.2, 0.25) is 5.91 Å². The minimum atomic E-state index is -0.238. The summed E-state index contributed by atoms with van der Waals surface area (Å²) >= 11 is 1.14. The molecule has 0 spiro atoms. The number of furan rings is 1. The van der Waals surface area contributed by atoms with Crippen molar-refractivity contribution in [3.63, 3.8) is 0 Å². The first-order valence-corrected chi connectivity index (χ1v) is 7.34. The van der Waals surface area contributed by atoms with Crippen molar-refractivity contribution in [3.8, 4) is 11.5 Å². The van der Waals surface area contributed by atoms with Gasteiger partial charge < -0.3 is 18.7 Å². The van der Waals surface area contributed by atoms with E-state index in [4.69, 9.17) is 13.4 Å². The van der Waals surface area contributed by atoms with Crippen LogP contribution in [0.5, 0.6) is 0 Å². The molecule has 0 unspecified atom stereocenters. The van der Waals surface area contributed by atoms with Crippen molar-refractivity contribution >= 4 is 23.5 Å². The quantitative estimate of drug-likeness (QED) is 0.715. The van der Waals surface area contributed by atoms with Gasteiger partial charge in [0, 0.05) is 6.07 Å². The average Bonchev–Trinajstić information content (AvgIpc) is 3.18. The van der Waals surface area contributed by atoms with Crippen molar-refractivity contribution in [1.82, 2.24) is 15.4 Å². The fraction of sp³-hybridized carbons (Fsp3) is 0.231. The van der Waals surface area contributed by atoms with Crippen LogP contribution in [0, 0.1) is 13.8 Å². The number of nitrogens with zero attached hydrogens (tertiary/aromatic N) is 3. The van der Waals surface area contributed by atoms with E-state index in [1.54, 1.807) is 32.2 Å². The second-order valence-corrected chi connectivity index (χ2v) is 5.35. The zero-order valence-electron chi connectivity index (χ0n) is 11.8. The summed E-state index contributed by atoms with van der Waals surface area (Å²) in [6.45, 7) is 3.55. The molecule has 0 aliphatic rings. The van der Waals surface area contributed by atoms with Gasteiger partial charge in [-0.25, -0.2) is 0 Å². The second-order valence-electron chi connectivity index (χ2n) is 4.42. The van der Waals surface area contributed by atoms with Crippen molar-refractivity contribution in [1.29, 1.82) is 0 Å². The Bertz CT molecular complexity index is 791. The Morgan fingerprint density at radius 1 is 1.36 bits per heavy atom. The van der Waals surface area contributed by atoms with E-state index in [2.05, 4.69) is 20.7 Å². The lowest BCUT2D eigenvalue weighted by Gasteiger charge is -1.98. The first-order chi connectivity index (χ1) is 10.6. The fourth-order valence-corrected chi connectivity index (χ4v) is 2.28. The molecule has 3 aromatic rings. The molecule has 0 aromatic carbocycles. The first-order valence-electron chi connectivity index (χ1n) is 6.36. The van der Waals surface area contributed by atoms with Crippen LogP contribution in [0.15, 0.2) is 37.0 Å². The van der Waals surface area contributed by atoms with Gasteiger partial charge in [-0.15, -0.1) is 10.2 Å². The minimum Gasteiger partial charge on any atom is -0.469 e. The summed E-state index contributed by atoms with van der Waals surface area (Å²) in [5, 5.41) is 14.4. The summed E-state index contributed by atoms with van der Waals surface area (Å²) < 4.78 is 15.5. The second kappa shape index (κ2) is 6.06. The zero-order chi connectivity index (χ0) is 15.5. The standard InChI is InChI=1S/C13H12N4O4S/c1-7-5-10(17-21-7)14-11(18)6-22-13-16-15-12(20-13)9-3-4-19-8(9)2/h3-5H,6H2,1-2H3,(H,14,17,18). The molecule has 0 atom stereocenters. The van der Waals surface area contributed by atoms with Gasteiger partial charge in [0.15, 0.2) is 5.82 Å². The predicted octanol–water partition coefficient (Wildman–Crippen LogP) is 2.67. The molecule has 3 rings (SSSR count). The van der Waals surface area contributed by atoms with Crippen LogP contribution in [0.1, 0.15) is 11.5 Å². The number of hydrogen-bond donors (Lipinski definition) is 1. The summed E-state index contributed by atoms with van der Waals surface area (Å²) in [7, 11) is 0. The van der Waals surface area contributed by atoms with E-state index in [0.29, 0.717) is 28.5 Å². The molecule has 0 aliphatic carbocycles. The van der Waals surface area contributed by atoms with Crippen molar-refractivity contribution in [2.75, 3.05) is 11.1 Å². The molecule has 22 heavy (non-hydrogen) atoms. The highest BCUT2D eigenvalue weighted by atomic mass is 32.2. The number of amides is 1. The molecule has 1 amide bonds. The molecule has 0 aliphatic heterocycles. The van der Waals surface area contributed by atoms with E-state index in [9.17, 15) is 4.79 Å². The number of anilines is 1. The van der Waals surface area contributed by atoms with E-state index in [1.165, 1.54) is 0 Å². The monoisotopic (exact) mass is 320 g/mol. The third-order valence-electron chi connectivity index (χ3n) is 2.72. The molecule has 1 N–H and O–H groups in total. The van der Waals surface area contributed by atoms with Gasteiger partial charge in [0.1, 0.15) is 11.5 Å². The summed E-state index contributed by atoms with van der Waals surface area (Å²) in [5.74, 6) is 1.94. The molecule has 3 heterocycles. The van der Waals surface area contributed by atoms with E-state index in [0.717, 1.165) is 17.3 Å². The van der Waals surface area contributed by atoms with Crippen molar-refractivity contribution in [2.45, 2.75) is 19.1 Å². The number of carbonyl (C=O) groups excluding carboxylic acids is 1. The number of rotatable bonds is 5. The highest BCUT2D eigenvalue weighted by Crippen LogP contribution is 2.26. The topological polar surface area (TPSA) is 107 Å². The zero-order valence-corrected chi connectivity index (χ0v) is 12.6. The summed E-state index contributed by atoms with van der Waals surface area (Å²) in [4.78, 5) is 11.8. The Balaban J connectivity index is 1.57. The first kappa shape index (κ1) is 14.4. The average molecular weight is 320 g/mol. The van der Waals surface area contributed by atoms with Crippen LogP contribution in [0.25, 0.3) is 11.5 Å². The normalized spacial score (nSPS) is 10.8. The SMILES string of the molecule is Cc1cc(NC(=O)CSc2nnc(-c3ccoc3C)o2)no1. The third-order valence-corrected chi connectivity index (χ3v) is 3.54. The van der Waals surface area contributed by atoms with E-state index in [1.807, 2.05) is 0 Å². The van der Waals surface area contributed by atoms with Crippen LogP contribution in [-0.4, -0.2) is 27.0 Å². The lowest BCUT2D eigenvalue weighted by molar-refractivity contribution is -0.113. The van der Waals surface area contributed by atoms with Crippen molar-refractivity contribution < 1.29 is 18.2 Å². The molecule has 0 saturated carbocycles. The summed E-state index contributed by atoms with van der Waals surface area (Å²) in [5.41, 5.74) is 0.738. The van der Waals surface area contributed by atoms with Crippen LogP contribution in [-0.2, 0) is 4.79 Å². The lowest BCUT2D eigenvalue weighted by atomic mass is 10.3. The molecular weight excluding hydrogens is 308 g/mol. The number of thioether (sulfide) groups is 1. The van der Waals surface area contributed by atoms with Gasteiger partial charge in [0.25, 0.3) is 11.1 Å². The van der Waals surface area contributed by atoms with Crippen LogP contribution in [0.3, 0.4) is 0 Å². The number of nitrogens with one attached hydrogen (secondary N) is 1. The molecule has 8 nitrogen and oxygen atoms in total. The van der Waals surface area contributed by atoms with Gasteiger partial charge in [-0.2, -0.15) is 0 Å². The minimum absolute atomic E-state index is 0.123. The van der Waals surface area contributed by atoms with E-state index < -0.39 is 0 Å². The van der Waals surface area contributed by atoms with Crippen molar-refractivity contribution in [2.24, 2.45) is 0 Å². The molecule has 0 saturated heterocycles. The fourth-order valence-electron chi connectivity index (χ4n) is 1.72. The maximum Gasteiger partial charge on any atom is 0.277 e. The van der Waals surface area contributed by atoms with Crippen LogP contribution >= 0.6 is 11.8 Å². The van der Waals surface area contributed by atoms with E-state index >= 15 is 0 Å². The van der Waals surface area contributed by atoms with Gasteiger partial charge in [-0.05, 0) is 19.9 Å². The predicted molar refractivity (Wildman–Crippen MR) is 77.3 cm³/mol. The summed E-state index contributed by atoms with van der Waals surface area (Å²) in [6.07, 6.45) is 1.55. The molecule has 3 aromatic heterocycles. The summed E-state index contributed by atoms with van der Waals surface area (Å²) in [6, 6.07) is 3.38. The lowest BCUT2D eigenvalue weighted by Crippen LogP contribution is -2.14. The Hall–Kier alpha value is -2.55. The molecule has 9 heteroatoms. The van der Waals surface area contributed by atoms with Crippen molar-refractivity contribution in [3.05, 3.63) is 29.9 Å².